The largest absolute Gasteiger partial charge is 0.502 e. The van der Waals surface area contributed by atoms with E-state index in [1.807, 2.05) is 31.2 Å². The van der Waals surface area contributed by atoms with Crippen LogP contribution in [-0.2, 0) is 15.9 Å². The summed E-state index contributed by atoms with van der Waals surface area (Å²) in [5.41, 5.74) is 1.51. The van der Waals surface area contributed by atoms with Gasteiger partial charge in [-0.15, -0.1) is 0 Å². The first-order chi connectivity index (χ1) is 17.6. The lowest BCUT2D eigenvalue weighted by molar-refractivity contribution is -0.0343. The average molecular weight is 515 g/mol. The molecule has 37 heavy (non-hydrogen) atoms. The highest BCUT2D eigenvalue weighted by molar-refractivity contribution is 5.91. The molecule has 0 aliphatic carbocycles. The smallest absolute Gasteiger partial charge is 0.202 e. The molecule has 0 saturated heterocycles. The number of allylic oxidation sites excluding steroid dienone is 5. The predicted octanol–water partition coefficient (Wildman–Crippen LogP) is 6.14. The molecule has 7 nitrogen and oxygen atoms in total. The number of hydrogen-bond acceptors (Lipinski definition) is 7. The van der Waals surface area contributed by atoms with Crippen LogP contribution < -0.4 is 14.9 Å². The van der Waals surface area contributed by atoms with Crippen molar-refractivity contribution in [3.05, 3.63) is 63.6 Å². The van der Waals surface area contributed by atoms with E-state index in [0.717, 1.165) is 0 Å². The van der Waals surface area contributed by atoms with Gasteiger partial charge in [-0.1, -0.05) is 49.8 Å². The molecule has 4 atom stereocenters. The van der Waals surface area contributed by atoms with Crippen LogP contribution in [0.4, 0.5) is 0 Å². The summed E-state index contributed by atoms with van der Waals surface area (Å²) in [4.78, 5) is 13.2. The van der Waals surface area contributed by atoms with Crippen molar-refractivity contribution in [1.29, 1.82) is 0 Å². The molecule has 1 heterocycles. The first-order valence-electron chi connectivity index (χ1n) is 12.6. The summed E-state index contributed by atoms with van der Waals surface area (Å²) in [7, 11) is 6.31. The van der Waals surface area contributed by atoms with E-state index in [-0.39, 0.29) is 51.9 Å². The monoisotopic (exact) mass is 514 g/mol. The third kappa shape index (κ3) is 7.05. The van der Waals surface area contributed by atoms with Crippen LogP contribution in [0.15, 0.2) is 51.2 Å². The summed E-state index contributed by atoms with van der Waals surface area (Å²) >= 11 is 0. The standard InChI is InChI=1S/C30H42O7/c1-10-18(2)13-11-12-14-22(33-6)21(5)29(36-9)19(3)15-16-23-20(4)27(31)26-24(34-7)17-25(35-8)28(32)30(26)37-23/h10-14,17,19,21-22,29,32H,15-16H2,1-9H3/b13-11+,14-12+,18-10+/t19-,21+,22-,29-/m0/s1. The molecule has 0 amide bonds. The van der Waals surface area contributed by atoms with E-state index in [2.05, 4.69) is 26.8 Å². The van der Waals surface area contributed by atoms with E-state index in [0.29, 0.717) is 29.9 Å². The minimum Gasteiger partial charge on any atom is -0.502 e. The van der Waals surface area contributed by atoms with Gasteiger partial charge in [-0.25, -0.2) is 0 Å². The van der Waals surface area contributed by atoms with Crippen LogP contribution in [0.2, 0.25) is 0 Å². The minimum absolute atomic E-state index is 0.0666. The van der Waals surface area contributed by atoms with Crippen LogP contribution in [0.3, 0.4) is 0 Å². The Morgan fingerprint density at radius 1 is 1.08 bits per heavy atom. The van der Waals surface area contributed by atoms with E-state index < -0.39 is 0 Å². The molecule has 1 aromatic heterocycles. The molecule has 0 aliphatic rings. The number of rotatable bonds is 13. The fraction of sp³-hybridized carbons (Fsp3) is 0.500. The van der Waals surface area contributed by atoms with Crippen molar-refractivity contribution >= 4 is 11.0 Å². The topological polar surface area (TPSA) is 87.4 Å². The van der Waals surface area contributed by atoms with E-state index in [1.165, 1.54) is 25.9 Å². The molecule has 0 fully saturated rings. The molecule has 0 unspecified atom stereocenters. The number of phenolic OH excluding ortho intramolecular Hbond substituents is 1. The summed E-state index contributed by atoms with van der Waals surface area (Å²) in [6.45, 7) is 10.0. The second-order valence-electron chi connectivity index (χ2n) is 9.37. The van der Waals surface area contributed by atoms with Crippen molar-refractivity contribution in [2.24, 2.45) is 11.8 Å². The molecule has 0 saturated carbocycles. The lowest BCUT2D eigenvalue weighted by atomic mass is 9.85. The average Bonchev–Trinajstić information content (AvgIpc) is 2.90. The normalized spacial score (nSPS) is 15.9. The summed E-state index contributed by atoms with van der Waals surface area (Å²) in [6, 6.07) is 1.48. The molecule has 0 bridgehead atoms. The van der Waals surface area contributed by atoms with E-state index in [4.69, 9.17) is 23.4 Å². The van der Waals surface area contributed by atoms with Crippen molar-refractivity contribution in [3.63, 3.8) is 0 Å². The fourth-order valence-electron chi connectivity index (χ4n) is 4.61. The van der Waals surface area contributed by atoms with E-state index in [1.54, 1.807) is 21.1 Å². The maximum atomic E-state index is 13.2. The second-order valence-corrected chi connectivity index (χ2v) is 9.37. The third-order valence-electron chi connectivity index (χ3n) is 7.03. The Morgan fingerprint density at radius 3 is 2.32 bits per heavy atom. The molecule has 1 N–H and O–H groups in total. The van der Waals surface area contributed by atoms with Crippen molar-refractivity contribution in [1.82, 2.24) is 0 Å². The fourth-order valence-corrected chi connectivity index (χ4v) is 4.61. The molecular weight excluding hydrogens is 472 g/mol. The van der Waals surface area contributed by atoms with E-state index in [9.17, 15) is 9.90 Å². The molecule has 204 valence electrons. The van der Waals surface area contributed by atoms with Gasteiger partial charge in [0.15, 0.2) is 16.8 Å². The van der Waals surface area contributed by atoms with Crippen LogP contribution in [0.5, 0.6) is 17.2 Å². The van der Waals surface area contributed by atoms with Gasteiger partial charge in [-0.3, -0.25) is 4.79 Å². The molecular formula is C30H42O7. The highest BCUT2D eigenvalue weighted by atomic mass is 16.5. The number of fused-ring (bicyclic) bond motifs is 1. The molecule has 0 spiro atoms. The maximum Gasteiger partial charge on any atom is 0.202 e. The lowest BCUT2D eigenvalue weighted by Crippen LogP contribution is -2.36. The number of aryl methyl sites for hydroxylation is 1. The van der Waals surface area contributed by atoms with Gasteiger partial charge in [0.2, 0.25) is 5.75 Å². The Hall–Kier alpha value is -3.03. The number of phenols is 1. The van der Waals surface area contributed by atoms with Gasteiger partial charge in [0.1, 0.15) is 16.9 Å². The number of methoxy groups -OCH3 is 4. The quantitative estimate of drug-likeness (QED) is 0.321. The van der Waals surface area contributed by atoms with Gasteiger partial charge in [-0.05, 0) is 33.1 Å². The SMILES string of the molecule is C/C=C(C)/C=C/C=C/[C@H](OC)[C@@H](C)[C@@H](OC)[C@@H](C)CCc1oc2c(O)c(OC)cc(OC)c2c(=O)c1C. The van der Waals surface area contributed by atoms with Gasteiger partial charge in [-0.2, -0.15) is 0 Å². The molecule has 1 aromatic carbocycles. The maximum absolute atomic E-state index is 13.2. The van der Waals surface area contributed by atoms with Crippen LogP contribution in [0.1, 0.15) is 45.4 Å². The van der Waals surface area contributed by atoms with Crippen molar-refractivity contribution in [2.45, 2.75) is 59.7 Å². The number of hydrogen-bond donors (Lipinski definition) is 1. The minimum atomic E-state index is -0.235. The number of aromatic hydroxyl groups is 1. The van der Waals surface area contributed by atoms with E-state index >= 15 is 0 Å². The second kappa shape index (κ2) is 14.1. The third-order valence-corrected chi connectivity index (χ3v) is 7.03. The zero-order valence-electron chi connectivity index (χ0n) is 23.6. The number of ether oxygens (including phenoxy) is 4. The summed E-state index contributed by atoms with van der Waals surface area (Å²) in [5.74, 6) is 0.995. The zero-order valence-corrected chi connectivity index (χ0v) is 23.6. The van der Waals surface area contributed by atoms with Crippen molar-refractivity contribution < 1.29 is 28.5 Å². The highest BCUT2D eigenvalue weighted by Gasteiger charge is 2.29. The summed E-state index contributed by atoms with van der Waals surface area (Å²) < 4.78 is 28.3. The Labute approximate surface area is 220 Å². The molecule has 2 aromatic rings. The van der Waals surface area contributed by atoms with Crippen molar-refractivity contribution in [3.8, 4) is 17.2 Å². The van der Waals surface area contributed by atoms with Gasteiger partial charge in [0, 0.05) is 38.2 Å². The highest BCUT2D eigenvalue weighted by Crippen LogP contribution is 2.40. The Bertz CT molecular complexity index is 1190. The van der Waals surface area contributed by atoms with Gasteiger partial charge >= 0.3 is 0 Å². The molecule has 2 rings (SSSR count). The predicted molar refractivity (Wildman–Crippen MR) is 148 cm³/mol. The van der Waals surface area contributed by atoms with Gasteiger partial charge in [0.25, 0.3) is 0 Å². The van der Waals surface area contributed by atoms with Crippen LogP contribution in [0, 0.1) is 18.8 Å². The first kappa shape index (κ1) is 30.2. The Kier molecular flexibility index (Phi) is 11.5. The Balaban J connectivity index is 2.27. The van der Waals surface area contributed by atoms with Crippen LogP contribution >= 0.6 is 0 Å². The zero-order chi connectivity index (χ0) is 27.7. The number of benzene rings is 1. The first-order valence-corrected chi connectivity index (χ1v) is 12.6. The summed E-state index contributed by atoms with van der Waals surface area (Å²) in [5, 5.41) is 10.8. The lowest BCUT2D eigenvalue weighted by Gasteiger charge is -2.32. The summed E-state index contributed by atoms with van der Waals surface area (Å²) in [6.07, 6.45) is 11.1. The molecule has 7 heteroatoms. The van der Waals surface area contributed by atoms with Gasteiger partial charge in [0.05, 0.1) is 26.4 Å². The molecule has 0 aliphatic heterocycles. The van der Waals surface area contributed by atoms with Crippen LogP contribution in [0.25, 0.3) is 11.0 Å². The Morgan fingerprint density at radius 2 is 1.76 bits per heavy atom. The van der Waals surface area contributed by atoms with Crippen LogP contribution in [-0.4, -0.2) is 45.8 Å². The van der Waals surface area contributed by atoms with Gasteiger partial charge < -0.3 is 28.5 Å². The van der Waals surface area contributed by atoms with Crippen molar-refractivity contribution in [2.75, 3.05) is 28.4 Å². The molecule has 0 radical (unpaired) electrons.